The van der Waals surface area contributed by atoms with Crippen molar-refractivity contribution < 1.29 is 28.6 Å². The molecule has 0 amide bonds. The van der Waals surface area contributed by atoms with Gasteiger partial charge < -0.3 is 25.0 Å². The van der Waals surface area contributed by atoms with Gasteiger partial charge in [0.1, 0.15) is 5.69 Å². The van der Waals surface area contributed by atoms with Gasteiger partial charge in [-0.05, 0) is 44.2 Å². The molecule has 1 aliphatic carbocycles. The first-order chi connectivity index (χ1) is 14.4. The Morgan fingerprint density at radius 1 is 1.23 bits per heavy atom. The molecule has 3 heterocycles. The van der Waals surface area contributed by atoms with Crippen LogP contribution in [-0.4, -0.2) is 67.5 Å². The molecule has 1 aromatic carbocycles. The summed E-state index contributed by atoms with van der Waals surface area (Å²) < 4.78 is 20.9. The minimum Gasteiger partial charge on any atom is -0.492 e. The van der Waals surface area contributed by atoms with Gasteiger partial charge in [0.25, 0.3) is 0 Å². The predicted octanol–water partition coefficient (Wildman–Crippen LogP) is 1.21. The van der Waals surface area contributed by atoms with E-state index in [2.05, 4.69) is 5.32 Å². The number of carbonyl (C=O) groups excluding carboxylic acids is 2. The van der Waals surface area contributed by atoms with Crippen molar-refractivity contribution in [3.63, 3.8) is 0 Å². The number of ether oxygens (including phenoxy) is 1. The summed E-state index contributed by atoms with van der Waals surface area (Å²) in [6.07, 6.45) is 3.55. The van der Waals surface area contributed by atoms with Crippen LogP contribution >= 0.6 is 0 Å². The van der Waals surface area contributed by atoms with Gasteiger partial charge in [0.2, 0.25) is 11.6 Å². The van der Waals surface area contributed by atoms with E-state index >= 15 is 4.39 Å². The number of benzene rings is 1. The van der Waals surface area contributed by atoms with Crippen molar-refractivity contribution in [3.8, 4) is 5.75 Å². The van der Waals surface area contributed by atoms with Crippen LogP contribution in [0.4, 0.5) is 15.8 Å². The van der Waals surface area contributed by atoms with Gasteiger partial charge in [0.15, 0.2) is 17.6 Å². The molecule has 0 radical (unpaired) electrons. The second kappa shape index (κ2) is 6.94. The zero-order valence-electron chi connectivity index (χ0n) is 16.7. The number of Topliss-reactive ketones (excluding diaryl/α,β-unsaturated/α-hetero) is 2. The summed E-state index contributed by atoms with van der Waals surface area (Å²) >= 11 is 0. The standard InChI is InChI=1S/C21H24FN3O5/c1-30-20-15-12(18(26)19(27)17(21(28)29)25(15)11-4-5-11)7-13(22)16(20)24-8-10-3-2-6-23-14(10)9-24/h7,10-11,14,17,23H,2-6,8-9H2,1H3,(H,28,29). The van der Waals surface area contributed by atoms with Gasteiger partial charge in [-0.3, -0.25) is 9.59 Å². The van der Waals surface area contributed by atoms with Crippen molar-refractivity contribution in [2.75, 3.05) is 36.5 Å². The summed E-state index contributed by atoms with van der Waals surface area (Å²) in [4.78, 5) is 40.5. The van der Waals surface area contributed by atoms with Gasteiger partial charge in [-0.2, -0.15) is 0 Å². The molecular formula is C21H24FN3O5. The number of anilines is 2. The van der Waals surface area contributed by atoms with Crippen LogP contribution in [0.25, 0.3) is 0 Å². The van der Waals surface area contributed by atoms with Crippen LogP contribution in [0.15, 0.2) is 6.07 Å². The molecule has 3 atom stereocenters. The van der Waals surface area contributed by atoms with Gasteiger partial charge in [0, 0.05) is 25.2 Å². The molecular weight excluding hydrogens is 393 g/mol. The lowest BCUT2D eigenvalue weighted by molar-refractivity contribution is -0.141. The van der Waals surface area contributed by atoms with E-state index in [-0.39, 0.29) is 34.8 Å². The van der Waals surface area contributed by atoms with Crippen LogP contribution in [0.2, 0.25) is 0 Å². The van der Waals surface area contributed by atoms with E-state index in [1.165, 1.54) is 12.0 Å². The van der Waals surface area contributed by atoms with Crippen molar-refractivity contribution >= 4 is 28.9 Å². The molecule has 2 N–H and O–H groups in total. The first kappa shape index (κ1) is 19.3. The number of hydrogen-bond donors (Lipinski definition) is 2. The average Bonchev–Trinajstić information content (AvgIpc) is 3.47. The van der Waals surface area contributed by atoms with E-state index in [0.29, 0.717) is 31.8 Å². The zero-order valence-corrected chi connectivity index (χ0v) is 16.7. The highest BCUT2D eigenvalue weighted by Crippen LogP contribution is 2.50. The molecule has 3 aliphatic heterocycles. The van der Waals surface area contributed by atoms with E-state index in [1.54, 1.807) is 0 Å². The Kier molecular flexibility index (Phi) is 4.46. The maximum atomic E-state index is 15.3. The molecule has 1 aromatic rings. The highest BCUT2D eigenvalue weighted by atomic mass is 19.1. The third-order valence-electron chi connectivity index (χ3n) is 6.73. The Hall–Kier alpha value is -2.68. The lowest BCUT2D eigenvalue weighted by Gasteiger charge is -2.37. The van der Waals surface area contributed by atoms with E-state index < -0.39 is 29.4 Å². The third kappa shape index (κ3) is 2.79. The number of piperidine rings is 1. The topological polar surface area (TPSA) is 99.2 Å². The normalized spacial score (nSPS) is 28.4. The number of nitrogens with zero attached hydrogens (tertiary/aromatic N) is 2. The summed E-state index contributed by atoms with van der Waals surface area (Å²) in [6, 6.07) is -0.450. The first-order valence-corrected chi connectivity index (χ1v) is 10.4. The van der Waals surface area contributed by atoms with Crippen LogP contribution in [0.5, 0.6) is 5.75 Å². The number of carboxylic acids is 1. The molecule has 1 saturated carbocycles. The molecule has 2 saturated heterocycles. The van der Waals surface area contributed by atoms with Gasteiger partial charge in [-0.1, -0.05) is 0 Å². The van der Waals surface area contributed by atoms with Crippen molar-refractivity contribution in [2.45, 2.75) is 43.8 Å². The summed E-state index contributed by atoms with van der Waals surface area (Å²) in [5.41, 5.74) is 0.359. The Morgan fingerprint density at radius 3 is 2.63 bits per heavy atom. The molecule has 160 valence electrons. The number of methoxy groups -OCH3 is 1. The maximum Gasteiger partial charge on any atom is 0.334 e. The quantitative estimate of drug-likeness (QED) is 0.557. The number of halogens is 1. The van der Waals surface area contributed by atoms with Crippen molar-refractivity contribution in [1.82, 2.24) is 5.32 Å². The van der Waals surface area contributed by atoms with Gasteiger partial charge in [-0.15, -0.1) is 0 Å². The summed E-state index contributed by atoms with van der Waals surface area (Å²) in [6.45, 7) is 2.20. The molecule has 0 bridgehead atoms. The SMILES string of the molecule is COc1c(N2CC3CCCNC3C2)c(F)cc2c1N(C1CC1)C(C(=O)O)C(=O)C2=O. The van der Waals surface area contributed by atoms with Gasteiger partial charge in [-0.25, -0.2) is 9.18 Å². The van der Waals surface area contributed by atoms with E-state index in [1.807, 2.05) is 4.90 Å². The number of ketones is 2. The van der Waals surface area contributed by atoms with E-state index in [0.717, 1.165) is 25.5 Å². The van der Waals surface area contributed by atoms with Crippen molar-refractivity contribution in [2.24, 2.45) is 5.92 Å². The number of aliphatic carboxylic acids is 1. The van der Waals surface area contributed by atoms with Crippen molar-refractivity contribution in [3.05, 3.63) is 17.4 Å². The molecule has 8 nitrogen and oxygen atoms in total. The molecule has 30 heavy (non-hydrogen) atoms. The van der Waals surface area contributed by atoms with Crippen LogP contribution < -0.4 is 19.9 Å². The van der Waals surface area contributed by atoms with E-state index in [9.17, 15) is 19.5 Å². The van der Waals surface area contributed by atoms with Crippen LogP contribution in [0.1, 0.15) is 36.0 Å². The minimum absolute atomic E-state index is 0.114. The molecule has 3 unspecified atom stereocenters. The fraction of sp³-hybridized carbons (Fsp3) is 0.571. The predicted molar refractivity (Wildman–Crippen MR) is 106 cm³/mol. The Bertz CT molecular complexity index is 933. The molecule has 9 heteroatoms. The Balaban J connectivity index is 1.66. The minimum atomic E-state index is -1.60. The highest BCUT2D eigenvalue weighted by molar-refractivity contribution is 6.51. The van der Waals surface area contributed by atoms with Crippen LogP contribution in [-0.2, 0) is 9.59 Å². The molecule has 0 aromatic heterocycles. The molecule has 5 rings (SSSR count). The Morgan fingerprint density at radius 2 is 2.00 bits per heavy atom. The third-order valence-corrected chi connectivity index (χ3v) is 6.73. The fourth-order valence-electron chi connectivity index (χ4n) is 5.24. The number of nitrogens with one attached hydrogen (secondary N) is 1. The number of fused-ring (bicyclic) bond motifs is 2. The van der Waals surface area contributed by atoms with Gasteiger partial charge in [0.05, 0.1) is 18.4 Å². The smallest absolute Gasteiger partial charge is 0.334 e. The Labute approximate surface area is 173 Å². The van der Waals surface area contributed by atoms with Crippen LogP contribution in [0.3, 0.4) is 0 Å². The second-order valence-corrected chi connectivity index (χ2v) is 8.58. The lowest BCUT2D eigenvalue weighted by Crippen LogP contribution is -2.54. The zero-order chi connectivity index (χ0) is 21.2. The summed E-state index contributed by atoms with van der Waals surface area (Å²) in [7, 11) is 1.39. The summed E-state index contributed by atoms with van der Waals surface area (Å²) in [5, 5.41) is 13.2. The number of carbonyl (C=O) groups is 3. The largest absolute Gasteiger partial charge is 0.492 e. The molecule has 3 fully saturated rings. The van der Waals surface area contributed by atoms with Crippen LogP contribution in [0, 0.1) is 11.7 Å². The number of hydrogen-bond acceptors (Lipinski definition) is 7. The number of carboxylic acid groups (broad SMARTS) is 1. The maximum absolute atomic E-state index is 15.3. The fourth-order valence-corrected chi connectivity index (χ4v) is 5.24. The lowest BCUT2D eigenvalue weighted by atomic mass is 9.91. The monoisotopic (exact) mass is 417 g/mol. The molecule has 0 spiro atoms. The highest BCUT2D eigenvalue weighted by Gasteiger charge is 2.51. The molecule has 4 aliphatic rings. The summed E-state index contributed by atoms with van der Waals surface area (Å²) in [5.74, 6) is -3.48. The second-order valence-electron chi connectivity index (χ2n) is 8.58. The first-order valence-electron chi connectivity index (χ1n) is 10.4. The number of rotatable bonds is 4. The van der Waals surface area contributed by atoms with Crippen molar-refractivity contribution in [1.29, 1.82) is 0 Å². The van der Waals surface area contributed by atoms with E-state index in [4.69, 9.17) is 4.74 Å². The average molecular weight is 417 g/mol. The van der Waals surface area contributed by atoms with Gasteiger partial charge >= 0.3 is 5.97 Å².